The SMILES string of the molecule is Oc1ccc(Oc2ccccc2)c(F)c1. The quantitative estimate of drug-likeness (QED) is 0.813. The molecule has 0 saturated carbocycles. The van der Waals surface area contributed by atoms with Crippen LogP contribution < -0.4 is 4.74 Å². The molecule has 3 heteroatoms. The Kier molecular flexibility index (Phi) is 2.54. The highest BCUT2D eigenvalue weighted by molar-refractivity contribution is 5.36. The Morgan fingerprint density at radius 2 is 1.73 bits per heavy atom. The number of hydrogen-bond donors (Lipinski definition) is 1. The van der Waals surface area contributed by atoms with Gasteiger partial charge in [-0.1, -0.05) is 18.2 Å². The third-order valence-electron chi connectivity index (χ3n) is 1.89. The molecule has 0 fully saturated rings. The second kappa shape index (κ2) is 4.00. The van der Waals surface area contributed by atoms with Crippen molar-refractivity contribution in [3.8, 4) is 17.2 Å². The van der Waals surface area contributed by atoms with Crippen LogP contribution in [0.1, 0.15) is 0 Å². The molecule has 2 aromatic rings. The van der Waals surface area contributed by atoms with Crippen molar-refractivity contribution in [1.82, 2.24) is 0 Å². The number of phenolic OH excluding ortho intramolecular Hbond substituents is 1. The van der Waals surface area contributed by atoms with Crippen molar-refractivity contribution in [1.29, 1.82) is 0 Å². The maximum absolute atomic E-state index is 13.3. The Bertz CT molecular complexity index is 454. The Hall–Kier alpha value is -2.03. The van der Waals surface area contributed by atoms with Crippen molar-refractivity contribution in [2.75, 3.05) is 0 Å². The van der Waals surface area contributed by atoms with Crippen LogP contribution in [0, 0.1) is 5.82 Å². The van der Waals surface area contributed by atoms with Gasteiger partial charge in [0.25, 0.3) is 0 Å². The molecule has 0 unspecified atom stereocenters. The number of ether oxygens (including phenoxy) is 1. The van der Waals surface area contributed by atoms with E-state index >= 15 is 0 Å². The van der Waals surface area contributed by atoms with Gasteiger partial charge in [-0.3, -0.25) is 0 Å². The Morgan fingerprint density at radius 3 is 2.40 bits per heavy atom. The maximum Gasteiger partial charge on any atom is 0.169 e. The van der Waals surface area contributed by atoms with Gasteiger partial charge < -0.3 is 9.84 Å². The second-order valence-corrected chi connectivity index (χ2v) is 3.03. The molecule has 0 aliphatic heterocycles. The lowest BCUT2D eigenvalue weighted by Crippen LogP contribution is -1.87. The molecule has 0 aliphatic rings. The summed E-state index contributed by atoms with van der Waals surface area (Å²) in [5.74, 6) is -0.0483. The molecule has 0 spiro atoms. The lowest BCUT2D eigenvalue weighted by atomic mass is 10.3. The predicted molar refractivity (Wildman–Crippen MR) is 54.6 cm³/mol. The van der Waals surface area contributed by atoms with Crippen molar-refractivity contribution < 1.29 is 14.2 Å². The van der Waals surface area contributed by atoms with Gasteiger partial charge in [0.05, 0.1) is 0 Å². The third-order valence-corrected chi connectivity index (χ3v) is 1.89. The lowest BCUT2D eigenvalue weighted by Gasteiger charge is -2.06. The Morgan fingerprint density at radius 1 is 1.00 bits per heavy atom. The van der Waals surface area contributed by atoms with Crippen LogP contribution in [0.2, 0.25) is 0 Å². The van der Waals surface area contributed by atoms with E-state index in [4.69, 9.17) is 9.84 Å². The molecule has 0 atom stereocenters. The fourth-order valence-electron chi connectivity index (χ4n) is 1.19. The largest absolute Gasteiger partial charge is 0.508 e. The zero-order valence-electron chi connectivity index (χ0n) is 7.85. The van der Waals surface area contributed by atoms with Crippen molar-refractivity contribution in [3.05, 3.63) is 54.3 Å². The highest BCUT2D eigenvalue weighted by Gasteiger charge is 2.04. The van der Waals surface area contributed by atoms with Crippen LogP contribution in [0.3, 0.4) is 0 Å². The number of benzene rings is 2. The molecule has 0 amide bonds. The average molecular weight is 204 g/mol. The van der Waals surface area contributed by atoms with Gasteiger partial charge in [0, 0.05) is 6.07 Å². The molecule has 0 aromatic heterocycles. The van der Waals surface area contributed by atoms with E-state index in [9.17, 15) is 4.39 Å². The zero-order valence-corrected chi connectivity index (χ0v) is 7.85. The first-order chi connectivity index (χ1) is 7.25. The van der Waals surface area contributed by atoms with E-state index < -0.39 is 5.82 Å². The van der Waals surface area contributed by atoms with Gasteiger partial charge in [-0.25, -0.2) is 4.39 Å². The molecular weight excluding hydrogens is 195 g/mol. The molecule has 2 nitrogen and oxygen atoms in total. The van der Waals surface area contributed by atoms with Crippen LogP contribution >= 0.6 is 0 Å². The van der Waals surface area contributed by atoms with Crippen molar-refractivity contribution in [2.45, 2.75) is 0 Å². The summed E-state index contributed by atoms with van der Waals surface area (Å²) in [7, 11) is 0. The van der Waals surface area contributed by atoms with Crippen LogP contribution in [0.4, 0.5) is 4.39 Å². The minimum absolute atomic E-state index is 0.0963. The molecule has 2 rings (SSSR count). The van der Waals surface area contributed by atoms with E-state index in [1.807, 2.05) is 6.07 Å². The summed E-state index contributed by atoms with van der Waals surface area (Å²) >= 11 is 0. The minimum atomic E-state index is -0.584. The average Bonchev–Trinajstić information content (AvgIpc) is 2.24. The van der Waals surface area contributed by atoms with Crippen molar-refractivity contribution >= 4 is 0 Å². The lowest BCUT2D eigenvalue weighted by molar-refractivity contribution is 0.429. The predicted octanol–water partition coefficient (Wildman–Crippen LogP) is 3.32. The van der Waals surface area contributed by atoms with Gasteiger partial charge in [-0.15, -0.1) is 0 Å². The zero-order chi connectivity index (χ0) is 10.7. The topological polar surface area (TPSA) is 29.5 Å². The fourth-order valence-corrected chi connectivity index (χ4v) is 1.19. The van der Waals surface area contributed by atoms with Gasteiger partial charge in [-0.2, -0.15) is 0 Å². The molecule has 0 radical (unpaired) electrons. The van der Waals surface area contributed by atoms with E-state index in [1.54, 1.807) is 24.3 Å². The molecule has 0 bridgehead atoms. The second-order valence-electron chi connectivity index (χ2n) is 3.03. The first-order valence-electron chi connectivity index (χ1n) is 4.47. The summed E-state index contributed by atoms with van der Waals surface area (Å²) < 4.78 is 18.5. The van der Waals surface area contributed by atoms with E-state index in [-0.39, 0.29) is 11.5 Å². The van der Waals surface area contributed by atoms with Gasteiger partial charge in [0.2, 0.25) is 0 Å². The van der Waals surface area contributed by atoms with E-state index in [0.29, 0.717) is 5.75 Å². The number of rotatable bonds is 2. The number of hydrogen-bond acceptors (Lipinski definition) is 2. The van der Waals surface area contributed by atoms with Crippen LogP contribution in [-0.2, 0) is 0 Å². The van der Waals surface area contributed by atoms with Crippen LogP contribution in [-0.4, -0.2) is 5.11 Å². The summed E-state index contributed by atoms with van der Waals surface area (Å²) in [6.07, 6.45) is 0. The molecule has 2 aromatic carbocycles. The summed E-state index contributed by atoms with van der Waals surface area (Å²) in [4.78, 5) is 0. The molecule has 0 heterocycles. The summed E-state index contributed by atoms with van der Waals surface area (Å²) in [5.41, 5.74) is 0. The Balaban J connectivity index is 2.25. The molecule has 0 saturated heterocycles. The molecule has 15 heavy (non-hydrogen) atoms. The number of halogens is 1. The summed E-state index contributed by atoms with van der Waals surface area (Å²) in [6.45, 7) is 0. The standard InChI is InChI=1S/C12H9FO2/c13-11-8-9(14)6-7-12(11)15-10-4-2-1-3-5-10/h1-8,14H. The van der Waals surface area contributed by atoms with E-state index in [1.165, 1.54) is 12.1 Å². The smallest absolute Gasteiger partial charge is 0.169 e. The van der Waals surface area contributed by atoms with Crippen molar-refractivity contribution in [3.63, 3.8) is 0 Å². The summed E-state index contributed by atoms with van der Waals surface area (Å²) in [6, 6.07) is 12.7. The van der Waals surface area contributed by atoms with Gasteiger partial charge in [0.1, 0.15) is 11.5 Å². The van der Waals surface area contributed by atoms with Gasteiger partial charge in [0.15, 0.2) is 11.6 Å². The normalized spacial score (nSPS) is 9.93. The van der Waals surface area contributed by atoms with E-state index in [2.05, 4.69) is 0 Å². The number of phenols is 1. The maximum atomic E-state index is 13.3. The highest BCUT2D eigenvalue weighted by Crippen LogP contribution is 2.26. The molecule has 0 aliphatic carbocycles. The monoisotopic (exact) mass is 204 g/mol. The Labute approximate surface area is 86.6 Å². The minimum Gasteiger partial charge on any atom is -0.508 e. The fraction of sp³-hybridized carbons (Fsp3) is 0. The highest BCUT2D eigenvalue weighted by atomic mass is 19.1. The first kappa shape index (κ1) is 9.52. The molecule has 76 valence electrons. The van der Waals surface area contributed by atoms with Crippen LogP contribution in [0.5, 0.6) is 17.2 Å². The van der Waals surface area contributed by atoms with Crippen LogP contribution in [0.25, 0.3) is 0 Å². The number of para-hydroxylation sites is 1. The van der Waals surface area contributed by atoms with Gasteiger partial charge >= 0.3 is 0 Å². The van der Waals surface area contributed by atoms with Crippen LogP contribution in [0.15, 0.2) is 48.5 Å². The first-order valence-corrected chi connectivity index (χ1v) is 4.47. The van der Waals surface area contributed by atoms with E-state index in [0.717, 1.165) is 6.07 Å². The molecule has 1 N–H and O–H groups in total. The third kappa shape index (κ3) is 2.26. The van der Waals surface area contributed by atoms with Gasteiger partial charge in [-0.05, 0) is 24.3 Å². The molecular formula is C12H9FO2. The van der Waals surface area contributed by atoms with Crippen molar-refractivity contribution in [2.24, 2.45) is 0 Å². The number of aromatic hydroxyl groups is 1. The summed E-state index contributed by atoms with van der Waals surface area (Å²) in [5, 5.41) is 9.01.